The molecule has 0 aliphatic rings. The Morgan fingerprint density at radius 1 is 0.886 bits per heavy atom. The lowest BCUT2D eigenvalue weighted by Gasteiger charge is -2.12. The van der Waals surface area contributed by atoms with Crippen LogP contribution >= 0.6 is 0 Å². The maximum Gasteiger partial charge on any atom is 0.501 e. The minimum absolute atomic E-state index is 0.0445. The molecule has 0 saturated carbocycles. The molecule has 0 saturated heterocycles. The van der Waals surface area contributed by atoms with Crippen LogP contribution < -0.4 is 5.43 Å². The summed E-state index contributed by atoms with van der Waals surface area (Å²) < 4.78 is 64.5. The number of rotatable bonds is 4. The van der Waals surface area contributed by atoms with Crippen molar-refractivity contribution < 1.29 is 21.6 Å². The van der Waals surface area contributed by atoms with E-state index in [1.54, 1.807) is 23.1 Å². The Balaban J connectivity index is 1.59. The second-order valence-corrected chi connectivity index (χ2v) is 9.36. The molecule has 0 atom stereocenters. The molecular weight excluding hydrogens is 483 g/mol. The van der Waals surface area contributed by atoms with E-state index in [2.05, 4.69) is 15.2 Å². The fourth-order valence-electron chi connectivity index (χ4n) is 3.61. The van der Waals surface area contributed by atoms with Crippen molar-refractivity contribution in [3.05, 3.63) is 95.7 Å². The van der Waals surface area contributed by atoms with Gasteiger partial charge in [-0.15, -0.1) is 0 Å². The summed E-state index contributed by atoms with van der Waals surface area (Å²) in [5.41, 5.74) is -4.42. The Bertz CT molecular complexity index is 1720. The first-order valence-corrected chi connectivity index (χ1v) is 11.5. The van der Waals surface area contributed by atoms with Crippen molar-refractivity contribution in [2.75, 3.05) is 0 Å². The van der Waals surface area contributed by atoms with Crippen LogP contribution in [0.2, 0.25) is 0 Å². The summed E-state index contributed by atoms with van der Waals surface area (Å²) in [4.78, 5) is 15.9. The molecule has 0 aliphatic carbocycles. The number of aromatic nitrogens is 5. The normalized spacial score (nSPS) is 12.2. The molecule has 0 spiro atoms. The molecule has 0 fully saturated rings. The van der Waals surface area contributed by atoms with E-state index in [1.807, 2.05) is 24.3 Å². The summed E-state index contributed by atoms with van der Waals surface area (Å²) >= 11 is 0. The second kappa shape index (κ2) is 8.17. The molecule has 0 unspecified atom stereocenters. The van der Waals surface area contributed by atoms with E-state index >= 15 is 0 Å². The van der Waals surface area contributed by atoms with Gasteiger partial charge in [-0.3, -0.25) is 9.78 Å². The summed E-state index contributed by atoms with van der Waals surface area (Å²) in [6.07, 6.45) is 6.21. The van der Waals surface area contributed by atoms with Gasteiger partial charge >= 0.3 is 5.51 Å². The number of hydrogen-bond acceptors (Lipinski definition) is 6. The van der Waals surface area contributed by atoms with Gasteiger partial charge in [0.25, 0.3) is 9.84 Å². The van der Waals surface area contributed by atoms with Crippen LogP contribution in [0.3, 0.4) is 0 Å². The predicted octanol–water partition coefficient (Wildman–Crippen LogP) is 3.93. The standard InChI is InChI=1S/C23H14F3N5O3S/c24-23(25,26)35(33,34)17-6-4-16(5-7-17)30-13-10-21(32)22(29-30)20-9-12-28-31(20)19-3-1-2-15-14-27-11-8-18(15)19/h1-14H. The van der Waals surface area contributed by atoms with E-state index in [9.17, 15) is 26.4 Å². The number of hydrogen-bond donors (Lipinski definition) is 0. The molecule has 5 rings (SSSR count). The predicted molar refractivity (Wildman–Crippen MR) is 121 cm³/mol. The van der Waals surface area contributed by atoms with Crippen molar-refractivity contribution >= 4 is 20.6 Å². The monoisotopic (exact) mass is 497 g/mol. The van der Waals surface area contributed by atoms with Crippen molar-refractivity contribution in [1.82, 2.24) is 24.5 Å². The van der Waals surface area contributed by atoms with Gasteiger partial charge in [-0.05, 0) is 42.5 Å². The fourth-order valence-corrected chi connectivity index (χ4v) is 4.37. The van der Waals surface area contributed by atoms with E-state index in [-0.39, 0.29) is 11.4 Å². The third-order valence-corrected chi connectivity index (χ3v) is 6.80. The number of fused-ring (bicyclic) bond motifs is 1. The highest BCUT2D eigenvalue weighted by Crippen LogP contribution is 2.30. The fraction of sp³-hybridized carbons (Fsp3) is 0.0435. The van der Waals surface area contributed by atoms with Gasteiger partial charge in [0.15, 0.2) is 5.69 Å². The average molecular weight is 497 g/mol. The van der Waals surface area contributed by atoms with Crippen LogP contribution in [0.5, 0.6) is 0 Å². The molecule has 0 N–H and O–H groups in total. The summed E-state index contributed by atoms with van der Waals surface area (Å²) in [6, 6.07) is 14.3. The Hall–Kier alpha value is -4.32. The van der Waals surface area contributed by atoms with Crippen molar-refractivity contribution in [3.8, 4) is 22.8 Å². The van der Waals surface area contributed by atoms with Crippen molar-refractivity contribution in [2.24, 2.45) is 0 Å². The van der Waals surface area contributed by atoms with Gasteiger partial charge in [-0.1, -0.05) is 12.1 Å². The molecule has 3 heterocycles. The lowest BCUT2D eigenvalue weighted by atomic mass is 10.1. The largest absolute Gasteiger partial charge is 0.501 e. The Morgan fingerprint density at radius 2 is 1.66 bits per heavy atom. The summed E-state index contributed by atoms with van der Waals surface area (Å²) in [6.45, 7) is 0. The van der Waals surface area contributed by atoms with Gasteiger partial charge in [-0.25, -0.2) is 17.8 Å². The number of nitrogens with zero attached hydrogens (tertiary/aromatic N) is 5. The minimum Gasteiger partial charge on any atom is -0.287 e. The van der Waals surface area contributed by atoms with Gasteiger partial charge < -0.3 is 0 Å². The highest BCUT2D eigenvalue weighted by Gasteiger charge is 2.46. The van der Waals surface area contributed by atoms with Crippen LogP contribution in [0.15, 0.2) is 95.1 Å². The molecule has 5 aromatic rings. The number of alkyl halides is 3. The summed E-state index contributed by atoms with van der Waals surface area (Å²) in [5, 5.41) is 10.4. The molecular formula is C23H14F3N5O3S. The van der Waals surface area contributed by atoms with E-state index in [1.165, 1.54) is 35.3 Å². The number of pyridine rings is 1. The quantitative estimate of drug-likeness (QED) is 0.373. The lowest BCUT2D eigenvalue weighted by molar-refractivity contribution is -0.0436. The van der Waals surface area contributed by atoms with Crippen LogP contribution in [-0.4, -0.2) is 38.5 Å². The zero-order valence-corrected chi connectivity index (χ0v) is 18.4. The Labute approximate surface area is 195 Å². The first-order valence-electron chi connectivity index (χ1n) is 10.1. The molecule has 0 aliphatic heterocycles. The SMILES string of the molecule is O=c1ccn(-c2ccc(S(=O)(=O)C(F)(F)F)cc2)nc1-c1ccnn1-c1cccc2cnccc12. The maximum atomic E-state index is 12.8. The molecule has 12 heteroatoms. The third-order valence-electron chi connectivity index (χ3n) is 5.30. The Morgan fingerprint density at radius 3 is 2.40 bits per heavy atom. The number of sulfone groups is 1. The van der Waals surface area contributed by atoms with Crippen molar-refractivity contribution in [3.63, 3.8) is 0 Å². The maximum absolute atomic E-state index is 12.8. The first-order chi connectivity index (χ1) is 16.7. The first kappa shape index (κ1) is 22.5. The van der Waals surface area contributed by atoms with Crippen LogP contribution in [0.25, 0.3) is 33.5 Å². The van der Waals surface area contributed by atoms with E-state index < -0.39 is 25.7 Å². The van der Waals surface area contributed by atoms with Crippen molar-refractivity contribution in [1.29, 1.82) is 0 Å². The zero-order chi connectivity index (χ0) is 24.8. The van der Waals surface area contributed by atoms with E-state index in [4.69, 9.17) is 0 Å². The topological polar surface area (TPSA) is 99.7 Å². The minimum atomic E-state index is -5.48. The van der Waals surface area contributed by atoms with Gasteiger partial charge in [-0.2, -0.15) is 23.4 Å². The highest BCUT2D eigenvalue weighted by molar-refractivity contribution is 7.92. The van der Waals surface area contributed by atoms with Crippen LogP contribution in [-0.2, 0) is 9.84 Å². The molecule has 0 bridgehead atoms. The van der Waals surface area contributed by atoms with Gasteiger partial charge in [0.2, 0.25) is 5.43 Å². The van der Waals surface area contributed by atoms with Gasteiger partial charge in [0, 0.05) is 35.4 Å². The van der Waals surface area contributed by atoms with E-state index in [0.717, 1.165) is 22.9 Å². The average Bonchev–Trinajstić information content (AvgIpc) is 3.33. The second-order valence-electron chi connectivity index (χ2n) is 7.42. The molecule has 0 amide bonds. The molecule has 35 heavy (non-hydrogen) atoms. The Kier molecular flexibility index (Phi) is 5.24. The zero-order valence-electron chi connectivity index (χ0n) is 17.6. The molecule has 3 aromatic heterocycles. The lowest BCUT2D eigenvalue weighted by Crippen LogP contribution is -2.23. The summed E-state index contributed by atoms with van der Waals surface area (Å²) in [5.74, 6) is 0. The summed E-state index contributed by atoms with van der Waals surface area (Å²) in [7, 11) is -5.48. The molecule has 8 nitrogen and oxygen atoms in total. The van der Waals surface area contributed by atoms with Crippen LogP contribution in [0, 0.1) is 0 Å². The van der Waals surface area contributed by atoms with Crippen LogP contribution in [0.4, 0.5) is 13.2 Å². The van der Waals surface area contributed by atoms with Gasteiger partial charge in [0.05, 0.1) is 28.2 Å². The number of halogens is 3. The van der Waals surface area contributed by atoms with Crippen molar-refractivity contribution in [2.45, 2.75) is 10.4 Å². The molecule has 2 aromatic carbocycles. The third kappa shape index (κ3) is 3.87. The number of benzene rings is 2. The van der Waals surface area contributed by atoms with Crippen LogP contribution in [0.1, 0.15) is 0 Å². The highest BCUT2D eigenvalue weighted by atomic mass is 32.2. The smallest absolute Gasteiger partial charge is 0.287 e. The molecule has 0 radical (unpaired) electrons. The molecule has 176 valence electrons. The van der Waals surface area contributed by atoms with Gasteiger partial charge in [0.1, 0.15) is 0 Å². The van der Waals surface area contributed by atoms with E-state index in [0.29, 0.717) is 11.4 Å².